The molecule has 21 heavy (non-hydrogen) atoms. The minimum Gasteiger partial charge on any atom is -0.398 e. The van der Waals surface area contributed by atoms with Gasteiger partial charge in [0.15, 0.2) is 0 Å². The number of nitrogens with zero attached hydrogens (tertiary/aromatic N) is 1. The minimum absolute atomic E-state index is 0.0307. The molecule has 1 aromatic carbocycles. The van der Waals surface area contributed by atoms with E-state index in [4.69, 9.17) is 16.2 Å². The third-order valence-electron chi connectivity index (χ3n) is 3.51. The molecule has 1 aliphatic rings. The maximum Gasteiger partial charge on any atom is 0.244 e. The largest absolute Gasteiger partial charge is 0.398 e. The van der Waals surface area contributed by atoms with Crippen LogP contribution in [0.3, 0.4) is 0 Å². The van der Waals surface area contributed by atoms with Crippen LogP contribution in [0.2, 0.25) is 0 Å². The molecule has 0 aromatic heterocycles. The van der Waals surface area contributed by atoms with Gasteiger partial charge in [-0.25, -0.2) is 8.42 Å². The van der Waals surface area contributed by atoms with Crippen molar-refractivity contribution < 1.29 is 17.9 Å². The van der Waals surface area contributed by atoms with Crippen molar-refractivity contribution in [3.8, 4) is 0 Å². The molecule has 0 saturated carbocycles. The second-order valence-corrected chi connectivity index (χ2v) is 6.71. The summed E-state index contributed by atoms with van der Waals surface area (Å²) in [5.41, 5.74) is 12.4. The Morgan fingerprint density at radius 2 is 2.19 bits per heavy atom. The molecule has 1 aliphatic heterocycles. The van der Waals surface area contributed by atoms with Crippen LogP contribution in [0, 0.1) is 0 Å². The van der Waals surface area contributed by atoms with E-state index in [2.05, 4.69) is 0 Å². The van der Waals surface area contributed by atoms with Crippen LogP contribution < -0.4 is 11.5 Å². The SMILES string of the molecule is CCc1ccc(S(=O)(=O)N2CCOCC2C(N)=O)cc1N. The van der Waals surface area contributed by atoms with Gasteiger partial charge in [0.2, 0.25) is 15.9 Å². The van der Waals surface area contributed by atoms with Crippen molar-refractivity contribution >= 4 is 21.6 Å². The molecule has 7 nitrogen and oxygen atoms in total. The molecule has 4 N–H and O–H groups in total. The average Bonchev–Trinajstić information content (AvgIpc) is 2.47. The first-order valence-corrected chi connectivity index (χ1v) is 8.09. The van der Waals surface area contributed by atoms with Crippen molar-refractivity contribution in [3.05, 3.63) is 23.8 Å². The lowest BCUT2D eigenvalue weighted by Crippen LogP contribution is -2.54. The van der Waals surface area contributed by atoms with Crippen molar-refractivity contribution in [3.63, 3.8) is 0 Å². The van der Waals surface area contributed by atoms with Crippen LogP contribution in [0.1, 0.15) is 12.5 Å². The first-order chi connectivity index (χ1) is 9.87. The smallest absolute Gasteiger partial charge is 0.244 e. The molecule has 0 bridgehead atoms. The van der Waals surface area contributed by atoms with Crippen LogP contribution >= 0.6 is 0 Å². The number of rotatable bonds is 4. The van der Waals surface area contributed by atoms with Gasteiger partial charge in [-0.15, -0.1) is 0 Å². The molecule has 0 radical (unpaired) electrons. The Hall–Kier alpha value is -1.64. The van der Waals surface area contributed by atoms with E-state index in [9.17, 15) is 13.2 Å². The lowest BCUT2D eigenvalue weighted by Gasteiger charge is -2.32. The fourth-order valence-corrected chi connectivity index (χ4v) is 3.89. The van der Waals surface area contributed by atoms with Gasteiger partial charge in [0.05, 0.1) is 18.1 Å². The van der Waals surface area contributed by atoms with Gasteiger partial charge >= 0.3 is 0 Å². The van der Waals surface area contributed by atoms with Crippen LogP contribution in [0.4, 0.5) is 5.69 Å². The summed E-state index contributed by atoms with van der Waals surface area (Å²) in [5.74, 6) is -0.726. The van der Waals surface area contributed by atoms with Gasteiger partial charge in [-0.05, 0) is 24.1 Å². The Labute approximate surface area is 123 Å². The number of morpholine rings is 1. The van der Waals surface area contributed by atoms with E-state index in [1.807, 2.05) is 6.92 Å². The highest BCUT2D eigenvalue weighted by atomic mass is 32.2. The lowest BCUT2D eigenvalue weighted by atomic mass is 10.1. The lowest BCUT2D eigenvalue weighted by molar-refractivity contribution is -0.125. The molecule has 1 aromatic rings. The number of carbonyl (C=O) groups excluding carboxylic acids is 1. The Balaban J connectivity index is 2.40. The third kappa shape index (κ3) is 3.02. The number of nitrogens with two attached hydrogens (primary N) is 2. The highest BCUT2D eigenvalue weighted by molar-refractivity contribution is 7.89. The van der Waals surface area contributed by atoms with E-state index < -0.39 is 22.0 Å². The van der Waals surface area contributed by atoms with Crippen molar-refractivity contribution in [2.75, 3.05) is 25.5 Å². The monoisotopic (exact) mass is 313 g/mol. The zero-order valence-corrected chi connectivity index (χ0v) is 12.6. The fourth-order valence-electron chi connectivity index (χ4n) is 2.29. The number of primary amides is 1. The minimum atomic E-state index is -3.83. The molecule has 1 heterocycles. The highest BCUT2D eigenvalue weighted by Gasteiger charge is 2.37. The summed E-state index contributed by atoms with van der Waals surface area (Å²) in [6.45, 7) is 2.22. The molecule has 0 aliphatic carbocycles. The van der Waals surface area contributed by atoms with E-state index in [0.29, 0.717) is 12.1 Å². The van der Waals surface area contributed by atoms with Gasteiger partial charge in [0.1, 0.15) is 6.04 Å². The number of nitrogen functional groups attached to an aromatic ring is 1. The zero-order valence-electron chi connectivity index (χ0n) is 11.8. The molecule has 1 amide bonds. The number of sulfonamides is 1. The van der Waals surface area contributed by atoms with Crippen molar-refractivity contribution in [1.82, 2.24) is 4.31 Å². The number of anilines is 1. The first kappa shape index (κ1) is 15.7. The average molecular weight is 313 g/mol. The Morgan fingerprint density at radius 3 is 2.76 bits per heavy atom. The zero-order chi connectivity index (χ0) is 15.6. The van der Waals surface area contributed by atoms with E-state index in [1.54, 1.807) is 6.07 Å². The summed E-state index contributed by atoms with van der Waals surface area (Å²) in [6, 6.07) is 3.61. The van der Waals surface area contributed by atoms with E-state index in [1.165, 1.54) is 12.1 Å². The van der Waals surface area contributed by atoms with Crippen molar-refractivity contribution in [1.29, 1.82) is 0 Å². The van der Waals surface area contributed by atoms with E-state index >= 15 is 0 Å². The first-order valence-electron chi connectivity index (χ1n) is 6.65. The van der Waals surface area contributed by atoms with E-state index in [0.717, 1.165) is 9.87 Å². The van der Waals surface area contributed by atoms with Gasteiger partial charge in [-0.1, -0.05) is 13.0 Å². The second kappa shape index (κ2) is 6.00. The fraction of sp³-hybridized carbons (Fsp3) is 0.462. The summed E-state index contributed by atoms with van der Waals surface area (Å²) in [5, 5.41) is 0. The molecular weight excluding hydrogens is 294 g/mol. The number of carbonyl (C=O) groups is 1. The van der Waals surface area contributed by atoms with Gasteiger partial charge < -0.3 is 16.2 Å². The third-order valence-corrected chi connectivity index (χ3v) is 5.42. The number of hydrogen-bond acceptors (Lipinski definition) is 5. The maximum absolute atomic E-state index is 12.7. The summed E-state index contributed by atoms with van der Waals surface area (Å²) in [7, 11) is -3.83. The summed E-state index contributed by atoms with van der Waals surface area (Å²) >= 11 is 0. The summed E-state index contributed by atoms with van der Waals surface area (Å²) in [6.07, 6.45) is 0.716. The van der Waals surface area contributed by atoms with Gasteiger partial charge in [-0.3, -0.25) is 4.79 Å². The quantitative estimate of drug-likeness (QED) is 0.741. The topological polar surface area (TPSA) is 116 Å². The molecule has 1 saturated heterocycles. The van der Waals surface area contributed by atoms with Crippen LogP contribution in [-0.4, -0.2) is 44.4 Å². The Kier molecular flexibility index (Phi) is 4.50. The number of benzene rings is 1. The predicted molar refractivity (Wildman–Crippen MR) is 77.9 cm³/mol. The highest BCUT2D eigenvalue weighted by Crippen LogP contribution is 2.24. The normalized spacial score (nSPS) is 20.3. The molecule has 2 rings (SSSR count). The predicted octanol–water partition coefficient (Wildman–Crippen LogP) is -0.294. The second-order valence-electron chi connectivity index (χ2n) is 4.82. The van der Waals surface area contributed by atoms with Crippen LogP contribution in [0.15, 0.2) is 23.1 Å². The summed E-state index contributed by atoms with van der Waals surface area (Å²) < 4.78 is 31.5. The summed E-state index contributed by atoms with van der Waals surface area (Å²) in [4.78, 5) is 11.5. The molecule has 1 atom stereocenters. The standard InChI is InChI=1S/C13H19N3O4S/c1-2-9-3-4-10(7-11(9)14)21(18,19)16-5-6-20-8-12(16)13(15)17/h3-4,7,12H,2,5-6,8,14H2,1H3,(H2,15,17). The molecule has 1 fully saturated rings. The van der Waals surface area contributed by atoms with Gasteiger partial charge in [-0.2, -0.15) is 4.31 Å². The van der Waals surface area contributed by atoms with Crippen molar-refractivity contribution in [2.45, 2.75) is 24.3 Å². The number of aryl methyl sites for hydroxylation is 1. The Morgan fingerprint density at radius 1 is 1.48 bits per heavy atom. The van der Waals surface area contributed by atoms with Crippen LogP contribution in [0.5, 0.6) is 0 Å². The number of ether oxygens (including phenoxy) is 1. The van der Waals surface area contributed by atoms with Gasteiger partial charge in [0.25, 0.3) is 0 Å². The number of hydrogen-bond donors (Lipinski definition) is 2. The maximum atomic E-state index is 12.7. The molecule has 8 heteroatoms. The van der Waals surface area contributed by atoms with Crippen LogP contribution in [0.25, 0.3) is 0 Å². The van der Waals surface area contributed by atoms with Crippen LogP contribution in [-0.2, 0) is 26.0 Å². The molecule has 116 valence electrons. The number of amides is 1. The van der Waals surface area contributed by atoms with Gasteiger partial charge in [0, 0.05) is 12.2 Å². The molecule has 0 spiro atoms. The van der Waals surface area contributed by atoms with E-state index in [-0.39, 0.29) is 24.7 Å². The molecular formula is C13H19N3O4S. The van der Waals surface area contributed by atoms with Crippen molar-refractivity contribution in [2.24, 2.45) is 5.73 Å². The Bertz CT molecular complexity index is 645. The molecule has 1 unspecified atom stereocenters.